The van der Waals surface area contributed by atoms with Crippen molar-refractivity contribution in [3.05, 3.63) is 35.0 Å². The third-order valence-electron chi connectivity index (χ3n) is 1.89. The molecule has 0 aliphatic carbocycles. The Balaban J connectivity index is 2.47. The van der Waals surface area contributed by atoms with Gasteiger partial charge in [-0.25, -0.2) is 4.39 Å². The molecule has 3 nitrogen and oxygen atoms in total. The fraction of sp³-hybridized carbons (Fsp3) is 0.250. The number of halogens is 1. The maximum absolute atomic E-state index is 13.1. The van der Waals surface area contributed by atoms with Crippen molar-refractivity contribution in [2.75, 3.05) is 11.7 Å². The molecular weight excluding hydrogens is 159 g/mol. The lowest BCUT2D eigenvalue weighted by atomic mass is 10.1. The van der Waals surface area contributed by atoms with Crippen LogP contribution >= 0.6 is 0 Å². The number of nitrogens with one attached hydrogen (secondary N) is 1. The van der Waals surface area contributed by atoms with Gasteiger partial charge in [-0.1, -0.05) is 18.2 Å². The summed E-state index contributed by atoms with van der Waals surface area (Å²) in [6.45, 7) is 0.0121. The number of fused-ring (bicyclic) bond motifs is 1. The highest BCUT2D eigenvalue weighted by molar-refractivity contribution is 5.56. The second-order valence-corrected chi connectivity index (χ2v) is 2.66. The molecule has 4 heteroatoms. The van der Waals surface area contributed by atoms with Crippen LogP contribution in [0.15, 0.2) is 24.3 Å². The molecule has 1 aromatic rings. The summed E-state index contributed by atoms with van der Waals surface area (Å²) in [5, 5.41) is 14.3. The van der Waals surface area contributed by atoms with Gasteiger partial charge in [-0.15, -0.1) is 0 Å². The second-order valence-electron chi connectivity index (χ2n) is 2.66. The largest absolute Gasteiger partial charge is 0.757 e. The van der Waals surface area contributed by atoms with Crippen LogP contribution in [0.1, 0.15) is 11.9 Å². The summed E-state index contributed by atoms with van der Waals surface area (Å²) in [7, 11) is 0. The van der Waals surface area contributed by atoms with Crippen molar-refractivity contribution >= 4 is 5.69 Å². The Morgan fingerprint density at radius 1 is 1.50 bits per heavy atom. The SMILES string of the molecule is [O-]N1CNC(F)c2ccccc21. The molecule has 1 aliphatic heterocycles. The third kappa shape index (κ3) is 1.05. The van der Waals surface area contributed by atoms with Gasteiger partial charge in [-0.2, -0.15) is 0 Å². The van der Waals surface area contributed by atoms with Crippen molar-refractivity contribution in [3.63, 3.8) is 0 Å². The van der Waals surface area contributed by atoms with E-state index in [2.05, 4.69) is 5.32 Å². The average Bonchev–Trinajstić information content (AvgIpc) is 2.12. The second kappa shape index (κ2) is 2.73. The van der Waals surface area contributed by atoms with Gasteiger partial charge >= 0.3 is 0 Å². The number of nitrogens with zero attached hydrogens (tertiary/aromatic N) is 1. The molecule has 0 saturated carbocycles. The quantitative estimate of drug-likeness (QED) is 0.595. The zero-order chi connectivity index (χ0) is 8.55. The molecule has 0 radical (unpaired) electrons. The molecule has 0 aromatic heterocycles. The molecule has 64 valence electrons. The van der Waals surface area contributed by atoms with Crippen LogP contribution in [0.25, 0.3) is 0 Å². The van der Waals surface area contributed by atoms with E-state index in [9.17, 15) is 9.60 Å². The minimum Gasteiger partial charge on any atom is -0.757 e. The third-order valence-corrected chi connectivity index (χ3v) is 1.89. The van der Waals surface area contributed by atoms with Gasteiger partial charge in [0, 0.05) is 11.3 Å². The summed E-state index contributed by atoms with van der Waals surface area (Å²) >= 11 is 0. The van der Waals surface area contributed by atoms with Crippen molar-refractivity contribution in [1.29, 1.82) is 0 Å². The highest BCUT2D eigenvalue weighted by atomic mass is 19.1. The van der Waals surface area contributed by atoms with Gasteiger partial charge in [-0.05, 0) is 6.07 Å². The van der Waals surface area contributed by atoms with E-state index in [-0.39, 0.29) is 6.67 Å². The van der Waals surface area contributed by atoms with E-state index >= 15 is 0 Å². The number of benzene rings is 1. The molecule has 0 saturated heterocycles. The first kappa shape index (κ1) is 7.52. The lowest BCUT2D eigenvalue weighted by Gasteiger charge is -2.38. The molecule has 0 spiro atoms. The van der Waals surface area contributed by atoms with Crippen molar-refractivity contribution in [3.8, 4) is 0 Å². The molecule has 1 atom stereocenters. The summed E-state index contributed by atoms with van der Waals surface area (Å²) in [6, 6.07) is 6.67. The van der Waals surface area contributed by atoms with Gasteiger partial charge in [0.2, 0.25) is 0 Å². The lowest BCUT2D eigenvalue weighted by molar-refractivity contribution is 0.274. The van der Waals surface area contributed by atoms with Gasteiger partial charge in [0.15, 0.2) is 6.30 Å². The fourth-order valence-electron chi connectivity index (χ4n) is 1.29. The van der Waals surface area contributed by atoms with Gasteiger partial charge in [0.05, 0.1) is 6.67 Å². The van der Waals surface area contributed by atoms with Crippen molar-refractivity contribution in [1.82, 2.24) is 5.32 Å². The van der Waals surface area contributed by atoms with Crippen LogP contribution in [0.3, 0.4) is 0 Å². The van der Waals surface area contributed by atoms with Crippen LogP contribution < -0.4 is 10.4 Å². The summed E-state index contributed by atoms with van der Waals surface area (Å²) < 4.78 is 13.1. The van der Waals surface area contributed by atoms with E-state index in [0.29, 0.717) is 11.3 Å². The van der Waals surface area contributed by atoms with E-state index in [0.717, 1.165) is 5.06 Å². The first-order valence-electron chi connectivity index (χ1n) is 3.70. The predicted molar refractivity (Wildman–Crippen MR) is 44.1 cm³/mol. The van der Waals surface area contributed by atoms with Crippen molar-refractivity contribution in [2.45, 2.75) is 6.30 Å². The molecular formula is C8H8FN2O-. The zero-order valence-corrected chi connectivity index (χ0v) is 6.33. The number of alkyl halides is 1. The number of anilines is 1. The van der Waals surface area contributed by atoms with E-state index in [1.807, 2.05) is 0 Å². The molecule has 12 heavy (non-hydrogen) atoms. The Bertz CT molecular complexity index is 263. The van der Waals surface area contributed by atoms with Crippen LogP contribution in [0, 0.1) is 5.21 Å². The summed E-state index contributed by atoms with van der Waals surface area (Å²) in [5.74, 6) is 0. The first-order valence-corrected chi connectivity index (χ1v) is 3.70. The average molecular weight is 167 g/mol. The maximum atomic E-state index is 13.1. The molecule has 0 bridgehead atoms. The van der Waals surface area contributed by atoms with Crippen LogP contribution in [0.5, 0.6) is 0 Å². The molecule has 1 aromatic carbocycles. The molecule has 1 unspecified atom stereocenters. The normalized spacial score (nSPS) is 22.2. The lowest BCUT2D eigenvalue weighted by Crippen LogP contribution is -2.36. The number of hydroxylamine groups is 1. The number of rotatable bonds is 0. The molecule has 2 rings (SSSR count). The van der Waals surface area contributed by atoms with E-state index < -0.39 is 6.30 Å². The standard InChI is InChI=1S/C8H8FN2O/c9-8-6-3-1-2-4-7(6)11(12)5-10-8/h1-4,8,10H,5H2/q-1. The Labute approximate surface area is 69.4 Å². The van der Waals surface area contributed by atoms with Gasteiger partial charge in [0.25, 0.3) is 0 Å². The van der Waals surface area contributed by atoms with Gasteiger partial charge in [0.1, 0.15) is 0 Å². The summed E-state index contributed by atoms with van der Waals surface area (Å²) in [6.07, 6.45) is -1.22. The van der Waals surface area contributed by atoms with E-state index in [1.54, 1.807) is 24.3 Å². The molecule has 1 heterocycles. The van der Waals surface area contributed by atoms with Crippen LogP contribution in [-0.4, -0.2) is 6.67 Å². The Hall–Kier alpha value is -1.13. The molecule has 1 aliphatic rings. The van der Waals surface area contributed by atoms with Gasteiger partial charge < -0.3 is 10.3 Å². The van der Waals surface area contributed by atoms with Crippen molar-refractivity contribution in [2.24, 2.45) is 0 Å². The Kier molecular flexibility index (Phi) is 1.71. The summed E-state index contributed by atoms with van der Waals surface area (Å²) in [5.41, 5.74) is 0.836. The predicted octanol–water partition coefficient (Wildman–Crippen LogP) is 1.52. The number of para-hydroxylation sites is 1. The minimum absolute atomic E-state index is 0.0121. The van der Waals surface area contributed by atoms with Crippen LogP contribution in [0.2, 0.25) is 0 Å². The molecule has 0 fully saturated rings. The van der Waals surface area contributed by atoms with E-state index in [4.69, 9.17) is 0 Å². The van der Waals surface area contributed by atoms with Crippen LogP contribution in [-0.2, 0) is 0 Å². The van der Waals surface area contributed by atoms with Gasteiger partial charge in [-0.3, -0.25) is 5.32 Å². The smallest absolute Gasteiger partial charge is 0.180 e. The number of hydrogen-bond acceptors (Lipinski definition) is 3. The number of hydrogen-bond donors (Lipinski definition) is 1. The molecule has 0 amide bonds. The minimum atomic E-state index is -1.22. The zero-order valence-electron chi connectivity index (χ0n) is 6.33. The highest BCUT2D eigenvalue weighted by Crippen LogP contribution is 2.29. The van der Waals surface area contributed by atoms with Crippen LogP contribution in [0.4, 0.5) is 10.1 Å². The highest BCUT2D eigenvalue weighted by Gasteiger charge is 2.18. The molecule has 1 N–H and O–H groups in total. The topological polar surface area (TPSA) is 38.3 Å². The van der Waals surface area contributed by atoms with Crippen molar-refractivity contribution < 1.29 is 4.39 Å². The first-order chi connectivity index (χ1) is 5.79. The summed E-state index contributed by atoms with van der Waals surface area (Å²) in [4.78, 5) is 0. The Morgan fingerprint density at radius 2 is 2.25 bits per heavy atom. The Morgan fingerprint density at radius 3 is 3.00 bits per heavy atom. The fourth-order valence-corrected chi connectivity index (χ4v) is 1.29. The maximum Gasteiger partial charge on any atom is 0.180 e. The van der Waals surface area contributed by atoms with E-state index in [1.165, 1.54) is 0 Å². The monoisotopic (exact) mass is 167 g/mol.